The molecule has 1 aromatic carbocycles. The van der Waals surface area contributed by atoms with E-state index in [1.165, 1.54) is 0 Å². The van der Waals surface area contributed by atoms with Crippen LogP contribution in [0.25, 0.3) is 0 Å². The Morgan fingerprint density at radius 1 is 1.40 bits per heavy atom. The second kappa shape index (κ2) is 5.51. The van der Waals surface area contributed by atoms with Crippen LogP contribution in [0, 0.1) is 0 Å². The number of hydrogen-bond acceptors (Lipinski definition) is 5. The summed E-state index contributed by atoms with van der Waals surface area (Å²) in [5.41, 5.74) is 0.641. The van der Waals surface area contributed by atoms with Crippen molar-refractivity contribution >= 4 is 17.8 Å². The number of rotatable bonds is 5. The topological polar surface area (TPSA) is 47.9 Å². The summed E-state index contributed by atoms with van der Waals surface area (Å²) in [6.45, 7) is 0. The highest BCUT2D eigenvalue weighted by Gasteiger charge is 2.45. The molecule has 1 saturated carbocycles. The van der Waals surface area contributed by atoms with Gasteiger partial charge in [-0.2, -0.15) is 16.8 Å². The molecule has 2 aliphatic rings. The average molecular weight is 291 g/mol. The number of thioether (sulfide) groups is 1. The number of hydrogen-bond donors (Lipinski definition) is 0. The molecule has 1 saturated heterocycles. The van der Waals surface area contributed by atoms with Gasteiger partial charge in [-0.15, -0.1) is 0 Å². The third-order valence-electron chi connectivity index (χ3n) is 3.87. The van der Waals surface area contributed by atoms with Crippen molar-refractivity contribution in [2.75, 3.05) is 18.6 Å². The maximum absolute atomic E-state index is 10.5. The van der Waals surface area contributed by atoms with E-state index in [2.05, 4.69) is 4.99 Å². The number of nitrogens with zero attached hydrogens (tertiary/aromatic N) is 1. The molecule has 0 N–H and O–H groups in total. The monoisotopic (exact) mass is 291 g/mol. The Balaban J connectivity index is 1.84. The van der Waals surface area contributed by atoms with Gasteiger partial charge in [-0.3, -0.25) is 0 Å². The van der Waals surface area contributed by atoms with Crippen LogP contribution in [0.2, 0.25) is 0 Å². The van der Waals surface area contributed by atoms with E-state index in [-0.39, 0.29) is 11.6 Å². The summed E-state index contributed by atoms with van der Waals surface area (Å²) in [6.07, 6.45) is 4.81. The van der Waals surface area contributed by atoms with Crippen molar-refractivity contribution in [2.45, 2.75) is 30.9 Å². The highest BCUT2D eigenvalue weighted by atomic mass is 32.2. The van der Waals surface area contributed by atoms with E-state index in [1.54, 1.807) is 13.2 Å². The zero-order valence-corrected chi connectivity index (χ0v) is 12.2. The molecule has 1 aromatic rings. The number of isocyanates is 1. The molecule has 0 radical (unpaired) electrons. The van der Waals surface area contributed by atoms with E-state index in [0.717, 1.165) is 42.1 Å². The van der Waals surface area contributed by atoms with Gasteiger partial charge in [0, 0.05) is 5.75 Å². The van der Waals surface area contributed by atoms with E-state index < -0.39 is 0 Å². The predicted molar refractivity (Wildman–Crippen MR) is 78.4 cm³/mol. The minimum absolute atomic E-state index is 0.266. The molecular formula is C15H17NO3S. The van der Waals surface area contributed by atoms with Gasteiger partial charge in [-0.1, -0.05) is 6.07 Å². The van der Waals surface area contributed by atoms with Gasteiger partial charge in [0.05, 0.1) is 12.6 Å². The van der Waals surface area contributed by atoms with Gasteiger partial charge in [0.15, 0.2) is 11.5 Å². The molecule has 1 aliphatic carbocycles. The molecule has 2 fully saturated rings. The largest absolute Gasteiger partial charge is 0.493 e. The maximum atomic E-state index is 10.5. The Bertz CT molecular complexity index is 544. The number of benzene rings is 1. The van der Waals surface area contributed by atoms with Gasteiger partial charge in [0.1, 0.15) is 6.10 Å². The SMILES string of the molecule is COc1cc(C2(N=C=O)CC2)ccc1OC1CCSC1. The fourth-order valence-corrected chi connectivity index (χ4v) is 3.60. The van der Waals surface area contributed by atoms with Gasteiger partial charge in [0.2, 0.25) is 6.08 Å². The minimum atomic E-state index is -0.364. The third kappa shape index (κ3) is 2.56. The fourth-order valence-electron chi connectivity index (χ4n) is 2.51. The first kappa shape index (κ1) is 13.5. The van der Waals surface area contributed by atoms with Crippen molar-refractivity contribution in [3.8, 4) is 11.5 Å². The van der Waals surface area contributed by atoms with Crippen molar-refractivity contribution in [1.82, 2.24) is 0 Å². The lowest BCUT2D eigenvalue weighted by molar-refractivity contribution is 0.218. The molecule has 0 bridgehead atoms. The Morgan fingerprint density at radius 3 is 2.85 bits per heavy atom. The highest BCUT2D eigenvalue weighted by Crippen LogP contribution is 2.50. The van der Waals surface area contributed by atoms with Crippen LogP contribution in [-0.4, -0.2) is 30.8 Å². The molecule has 20 heavy (non-hydrogen) atoms. The average Bonchev–Trinajstić information content (AvgIpc) is 3.07. The zero-order chi connectivity index (χ0) is 14.0. The summed E-state index contributed by atoms with van der Waals surface area (Å²) < 4.78 is 11.4. The second-order valence-corrected chi connectivity index (χ2v) is 6.35. The fraction of sp³-hybridized carbons (Fsp3) is 0.533. The van der Waals surface area contributed by atoms with E-state index in [4.69, 9.17) is 9.47 Å². The van der Waals surface area contributed by atoms with Gasteiger partial charge in [0.25, 0.3) is 0 Å². The summed E-state index contributed by atoms with van der Waals surface area (Å²) >= 11 is 1.92. The Hall–Kier alpha value is -1.45. The maximum Gasteiger partial charge on any atom is 0.235 e. The quantitative estimate of drug-likeness (QED) is 0.618. The Kier molecular flexibility index (Phi) is 3.72. The van der Waals surface area contributed by atoms with Crippen LogP contribution in [0.3, 0.4) is 0 Å². The Labute approximate surface area is 122 Å². The van der Waals surface area contributed by atoms with E-state index in [1.807, 2.05) is 30.0 Å². The number of methoxy groups -OCH3 is 1. The molecule has 1 heterocycles. The van der Waals surface area contributed by atoms with E-state index in [9.17, 15) is 4.79 Å². The lowest BCUT2D eigenvalue weighted by Crippen LogP contribution is -2.15. The van der Waals surface area contributed by atoms with Crippen LogP contribution >= 0.6 is 11.8 Å². The van der Waals surface area contributed by atoms with Crippen LogP contribution in [0.1, 0.15) is 24.8 Å². The van der Waals surface area contributed by atoms with Crippen molar-refractivity contribution in [1.29, 1.82) is 0 Å². The minimum Gasteiger partial charge on any atom is -0.493 e. The zero-order valence-electron chi connectivity index (χ0n) is 11.4. The van der Waals surface area contributed by atoms with Gasteiger partial charge in [-0.05, 0) is 42.7 Å². The molecule has 3 rings (SSSR count). The second-order valence-electron chi connectivity index (χ2n) is 5.20. The molecule has 1 unspecified atom stereocenters. The molecule has 4 nitrogen and oxygen atoms in total. The van der Waals surface area contributed by atoms with Gasteiger partial charge in [-0.25, -0.2) is 4.79 Å². The molecule has 0 spiro atoms. The molecule has 106 valence electrons. The molecule has 0 aromatic heterocycles. The molecule has 1 aliphatic heterocycles. The predicted octanol–water partition coefficient (Wildman–Crippen LogP) is 2.90. The first-order valence-electron chi connectivity index (χ1n) is 6.79. The highest BCUT2D eigenvalue weighted by molar-refractivity contribution is 7.99. The van der Waals surface area contributed by atoms with Gasteiger partial charge >= 0.3 is 0 Å². The van der Waals surface area contributed by atoms with Crippen molar-refractivity contribution in [3.05, 3.63) is 23.8 Å². The van der Waals surface area contributed by atoms with E-state index >= 15 is 0 Å². The van der Waals surface area contributed by atoms with Gasteiger partial charge < -0.3 is 9.47 Å². The standard InChI is InChI=1S/C15H17NO3S/c1-18-14-8-11(15(5-6-15)16-10-17)2-3-13(14)19-12-4-7-20-9-12/h2-3,8,12H,4-7,9H2,1H3. The molecule has 5 heteroatoms. The third-order valence-corrected chi connectivity index (χ3v) is 5.00. The summed E-state index contributed by atoms with van der Waals surface area (Å²) in [7, 11) is 1.64. The van der Waals surface area contributed by atoms with Crippen molar-refractivity contribution in [3.63, 3.8) is 0 Å². The Morgan fingerprint density at radius 2 is 2.25 bits per heavy atom. The molecule has 0 amide bonds. The van der Waals surface area contributed by atoms with Crippen LogP contribution in [0.5, 0.6) is 11.5 Å². The first-order valence-corrected chi connectivity index (χ1v) is 7.95. The molecule has 1 atom stereocenters. The first-order chi connectivity index (χ1) is 9.77. The summed E-state index contributed by atoms with van der Waals surface area (Å²) in [6, 6.07) is 5.84. The number of carbonyl (C=O) groups excluding carboxylic acids is 1. The summed E-state index contributed by atoms with van der Waals surface area (Å²) in [5, 5.41) is 0. The molecular weight excluding hydrogens is 274 g/mol. The van der Waals surface area contributed by atoms with Crippen LogP contribution in [0.4, 0.5) is 0 Å². The lowest BCUT2D eigenvalue weighted by Gasteiger charge is -2.17. The lowest BCUT2D eigenvalue weighted by atomic mass is 10.0. The van der Waals surface area contributed by atoms with Crippen LogP contribution < -0.4 is 9.47 Å². The smallest absolute Gasteiger partial charge is 0.235 e. The number of ether oxygens (including phenoxy) is 2. The summed E-state index contributed by atoms with van der Waals surface area (Å²) in [4.78, 5) is 14.5. The van der Waals surface area contributed by atoms with Crippen molar-refractivity contribution < 1.29 is 14.3 Å². The van der Waals surface area contributed by atoms with Crippen molar-refractivity contribution in [2.24, 2.45) is 4.99 Å². The van der Waals surface area contributed by atoms with E-state index in [0.29, 0.717) is 5.75 Å². The van der Waals surface area contributed by atoms with Crippen LogP contribution in [-0.2, 0) is 10.3 Å². The summed E-state index contributed by atoms with van der Waals surface area (Å²) in [5.74, 6) is 3.67. The van der Waals surface area contributed by atoms with Crippen LogP contribution in [0.15, 0.2) is 23.2 Å². The normalized spacial score (nSPS) is 22.9. The number of aliphatic imine (C=N–C) groups is 1.